The second kappa shape index (κ2) is 8.37. The normalized spacial score (nSPS) is 16.4. The van der Waals surface area contributed by atoms with Crippen molar-refractivity contribution < 1.29 is 18.0 Å². The second-order valence-electron chi connectivity index (χ2n) is 7.50. The molecular weight excluding hydrogens is 405 g/mol. The molecule has 2 aromatic carbocycles. The summed E-state index contributed by atoms with van der Waals surface area (Å²) in [5.41, 5.74) is 2.54. The summed E-state index contributed by atoms with van der Waals surface area (Å²) in [6, 6.07) is 16.0. The van der Waals surface area contributed by atoms with E-state index in [1.807, 2.05) is 49.4 Å². The molecule has 1 unspecified atom stereocenters. The van der Waals surface area contributed by atoms with E-state index in [0.29, 0.717) is 25.1 Å². The number of aryl methyl sites for hydroxylation is 1. The summed E-state index contributed by atoms with van der Waals surface area (Å²) in [5.74, 6) is -0.192. The van der Waals surface area contributed by atoms with Crippen molar-refractivity contribution in [1.82, 2.24) is 14.9 Å². The molecule has 8 heteroatoms. The molecule has 0 saturated carbocycles. The van der Waals surface area contributed by atoms with Crippen LogP contribution in [0, 0.1) is 6.92 Å². The van der Waals surface area contributed by atoms with E-state index in [-0.39, 0.29) is 17.9 Å². The third-order valence-corrected chi connectivity index (χ3v) is 5.35. The average Bonchev–Trinajstić information content (AvgIpc) is 3.22. The predicted molar refractivity (Wildman–Crippen MR) is 112 cm³/mol. The van der Waals surface area contributed by atoms with E-state index in [1.165, 1.54) is 0 Å². The number of nitrogens with zero attached hydrogens (tertiary/aromatic N) is 3. The summed E-state index contributed by atoms with van der Waals surface area (Å²) < 4.78 is 38.6. The standard InChI is InChI=1S/C23H21F3N4O/c1-15-6-2-3-7-17(15)18-8-4-5-9-19(18)21(31)30-13-11-16(14-30)28-22-27-12-10-20(29-22)23(24,25)26/h2-10,12,16H,11,13-14H2,1H3,(H,27,28,29). The fourth-order valence-electron chi connectivity index (χ4n) is 3.78. The molecule has 3 aromatic rings. The average molecular weight is 426 g/mol. The van der Waals surface area contributed by atoms with Gasteiger partial charge >= 0.3 is 6.18 Å². The maximum Gasteiger partial charge on any atom is 0.433 e. The quantitative estimate of drug-likeness (QED) is 0.651. The maximum atomic E-state index is 13.3. The number of carbonyl (C=O) groups is 1. The molecule has 1 aliphatic rings. The summed E-state index contributed by atoms with van der Waals surface area (Å²) in [6.07, 6.45) is -2.86. The number of nitrogens with one attached hydrogen (secondary N) is 1. The van der Waals surface area contributed by atoms with Gasteiger partial charge in [0.2, 0.25) is 5.95 Å². The zero-order chi connectivity index (χ0) is 22.0. The molecule has 1 aromatic heterocycles. The van der Waals surface area contributed by atoms with Crippen LogP contribution in [0.5, 0.6) is 0 Å². The zero-order valence-corrected chi connectivity index (χ0v) is 16.9. The lowest BCUT2D eigenvalue weighted by Gasteiger charge is -2.20. The number of halogens is 3. The Morgan fingerprint density at radius 1 is 1.06 bits per heavy atom. The van der Waals surface area contributed by atoms with Gasteiger partial charge in [-0.3, -0.25) is 4.79 Å². The number of carbonyl (C=O) groups excluding carboxylic acids is 1. The van der Waals surface area contributed by atoms with Crippen molar-refractivity contribution in [2.75, 3.05) is 18.4 Å². The van der Waals surface area contributed by atoms with Crippen LogP contribution in [0.3, 0.4) is 0 Å². The van der Waals surface area contributed by atoms with E-state index in [1.54, 1.807) is 11.0 Å². The van der Waals surface area contributed by atoms with Crippen molar-refractivity contribution >= 4 is 11.9 Å². The van der Waals surface area contributed by atoms with Gasteiger partial charge in [0.05, 0.1) is 0 Å². The highest BCUT2D eigenvalue weighted by Gasteiger charge is 2.33. The molecule has 0 spiro atoms. The first-order valence-corrected chi connectivity index (χ1v) is 9.94. The molecule has 4 rings (SSSR count). The number of anilines is 1. The molecule has 1 fully saturated rings. The van der Waals surface area contributed by atoms with Crippen LogP contribution in [0.2, 0.25) is 0 Å². The van der Waals surface area contributed by atoms with Gasteiger partial charge in [0.15, 0.2) is 0 Å². The Morgan fingerprint density at radius 3 is 2.52 bits per heavy atom. The van der Waals surface area contributed by atoms with E-state index >= 15 is 0 Å². The van der Waals surface area contributed by atoms with Crippen LogP contribution in [0.4, 0.5) is 19.1 Å². The predicted octanol–water partition coefficient (Wildman–Crippen LogP) is 4.80. The number of hydrogen-bond acceptors (Lipinski definition) is 4. The van der Waals surface area contributed by atoms with E-state index in [2.05, 4.69) is 15.3 Å². The van der Waals surface area contributed by atoms with E-state index in [9.17, 15) is 18.0 Å². The first kappa shape index (κ1) is 20.8. The fourth-order valence-corrected chi connectivity index (χ4v) is 3.78. The van der Waals surface area contributed by atoms with E-state index in [4.69, 9.17) is 0 Å². The summed E-state index contributed by atoms with van der Waals surface area (Å²) in [5, 5.41) is 2.93. The highest BCUT2D eigenvalue weighted by molar-refractivity contribution is 6.01. The fraction of sp³-hybridized carbons (Fsp3) is 0.261. The monoisotopic (exact) mass is 426 g/mol. The number of rotatable bonds is 4. The molecule has 1 atom stereocenters. The van der Waals surface area contributed by atoms with Crippen molar-refractivity contribution in [1.29, 1.82) is 0 Å². The highest BCUT2D eigenvalue weighted by Crippen LogP contribution is 2.30. The van der Waals surface area contributed by atoms with E-state index < -0.39 is 11.9 Å². The van der Waals surface area contributed by atoms with Gasteiger partial charge in [-0.15, -0.1) is 0 Å². The first-order chi connectivity index (χ1) is 14.8. The first-order valence-electron chi connectivity index (χ1n) is 9.94. The van der Waals surface area contributed by atoms with Gasteiger partial charge in [0.1, 0.15) is 5.69 Å². The molecule has 1 amide bonds. The minimum Gasteiger partial charge on any atom is -0.350 e. The van der Waals surface area contributed by atoms with Crippen LogP contribution in [-0.2, 0) is 6.18 Å². The molecule has 1 N–H and O–H groups in total. The van der Waals surface area contributed by atoms with Crippen LogP contribution in [0.25, 0.3) is 11.1 Å². The molecule has 2 heterocycles. The number of benzene rings is 2. The van der Waals surface area contributed by atoms with Crippen LogP contribution in [-0.4, -0.2) is 39.9 Å². The van der Waals surface area contributed by atoms with Crippen molar-refractivity contribution in [2.24, 2.45) is 0 Å². The maximum absolute atomic E-state index is 13.3. The van der Waals surface area contributed by atoms with Gasteiger partial charge in [-0.25, -0.2) is 9.97 Å². The third-order valence-electron chi connectivity index (χ3n) is 5.35. The largest absolute Gasteiger partial charge is 0.433 e. The molecule has 1 saturated heterocycles. The molecule has 1 aliphatic heterocycles. The molecule has 5 nitrogen and oxygen atoms in total. The van der Waals surface area contributed by atoms with Gasteiger partial charge in [-0.2, -0.15) is 13.2 Å². The summed E-state index contributed by atoms with van der Waals surface area (Å²) >= 11 is 0. The number of aromatic nitrogens is 2. The van der Waals surface area contributed by atoms with Crippen LogP contribution >= 0.6 is 0 Å². The summed E-state index contributed by atoms with van der Waals surface area (Å²) in [4.78, 5) is 22.4. The number of amides is 1. The Hall–Kier alpha value is -3.42. The van der Waals surface area contributed by atoms with Crippen LogP contribution < -0.4 is 5.32 Å². The van der Waals surface area contributed by atoms with Crippen molar-refractivity contribution in [3.05, 3.63) is 77.6 Å². The van der Waals surface area contributed by atoms with Crippen LogP contribution in [0.15, 0.2) is 60.8 Å². The minimum atomic E-state index is -4.53. The van der Waals surface area contributed by atoms with E-state index in [0.717, 1.165) is 29.0 Å². The van der Waals surface area contributed by atoms with Gasteiger partial charge in [-0.1, -0.05) is 42.5 Å². The Balaban J connectivity index is 1.50. The zero-order valence-electron chi connectivity index (χ0n) is 16.9. The van der Waals surface area contributed by atoms with Crippen molar-refractivity contribution in [2.45, 2.75) is 25.6 Å². The van der Waals surface area contributed by atoms with Gasteiger partial charge in [0.25, 0.3) is 5.91 Å². The number of alkyl halides is 3. The Morgan fingerprint density at radius 2 is 1.77 bits per heavy atom. The van der Waals surface area contributed by atoms with Gasteiger partial charge in [0, 0.05) is 30.9 Å². The number of hydrogen-bond donors (Lipinski definition) is 1. The lowest BCUT2D eigenvalue weighted by atomic mass is 9.95. The summed E-state index contributed by atoms with van der Waals surface area (Å²) in [6.45, 7) is 2.86. The number of likely N-dealkylation sites (tertiary alicyclic amines) is 1. The Labute approximate surface area is 178 Å². The molecular formula is C23H21F3N4O. The topological polar surface area (TPSA) is 58.1 Å². The Kier molecular flexibility index (Phi) is 5.63. The van der Waals surface area contributed by atoms with Gasteiger partial charge in [-0.05, 0) is 42.2 Å². The van der Waals surface area contributed by atoms with Crippen molar-refractivity contribution in [3.8, 4) is 11.1 Å². The molecule has 0 radical (unpaired) electrons. The second-order valence-corrected chi connectivity index (χ2v) is 7.50. The lowest BCUT2D eigenvalue weighted by molar-refractivity contribution is -0.141. The minimum absolute atomic E-state index is 0.0885. The smallest absolute Gasteiger partial charge is 0.350 e. The van der Waals surface area contributed by atoms with Crippen molar-refractivity contribution in [3.63, 3.8) is 0 Å². The SMILES string of the molecule is Cc1ccccc1-c1ccccc1C(=O)N1CCC(Nc2nccc(C(F)(F)F)n2)C1. The lowest BCUT2D eigenvalue weighted by Crippen LogP contribution is -2.32. The van der Waals surface area contributed by atoms with Gasteiger partial charge < -0.3 is 10.2 Å². The molecule has 0 bridgehead atoms. The van der Waals surface area contributed by atoms with Crippen LogP contribution in [0.1, 0.15) is 28.0 Å². The molecule has 160 valence electrons. The Bertz CT molecular complexity index is 1100. The molecule has 0 aliphatic carbocycles. The summed E-state index contributed by atoms with van der Waals surface area (Å²) in [7, 11) is 0. The third kappa shape index (κ3) is 4.52. The molecule has 31 heavy (non-hydrogen) atoms. The highest BCUT2D eigenvalue weighted by atomic mass is 19.4.